The zero-order valence-electron chi connectivity index (χ0n) is 4.09. The molecule has 0 saturated carbocycles. The molecule has 1 aromatic heterocycles. The van der Waals surface area contributed by atoms with Crippen molar-refractivity contribution in [2.24, 2.45) is 0 Å². The fourth-order valence-electron chi connectivity index (χ4n) is 0.276. The largest absolute Gasteiger partial charge is 0.210 e. The Kier molecular flexibility index (Phi) is 2.27. The highest BCUT2D eigenvalue weighted by Gasteiger charge is 1.95. The third kappa shape index (κ3) is 1.43. The lowest BCUT2D eigenvalue weighted by molar-refractivity contribution is 1.17. The van der Waals surface area contributed by atoms with Gasteiger partial charge in [0, 0.05) is 0 Å². The summed E-state index contributed by atoms with van der Waals surface area (Å²) in [5.74, 6) is 0. The fourth-order valence-corrected chi connectivity index (χ4v) is 1.81. The predicted octanol–water partition coefficient (Wildman–Crippen LogP) is 2.02. The smallest absolute Gasteiger partial charge is 0.202 e. The fraction of sp³-hybridized carbons (Fsp3) is 0.333. The highest BCUT2D eigenvalue weighted by molar-refractivity contribution is 9.10. The number of hydrogen-bond acceptors (Lipinski definition) is 4. The quantitative estimate of drug-likeness (QED) is 0.664. The van der Waals surface area contributed by atoms with E-state index in [1.807, 2.05) is 6.26 Å². The second kappa shape index (κ2) is 2.80. The van der Waals surface area contributed by atoms with Gasteiger partial charge in [-0.1, -0.05) is 11.8 Å². The average molecular weight is 211 g/mol. The van der Waals surface area contributed by atoms with Crippen LogP contribution in [0.25, 0.3) is 0 Å². The van der Waals surface area contributed by atoms with E-state index in [4.69, 9.17) is 0 Å². The van der Waals surface area contributed by atoms with Gasteiger partial charge in [-0.25, -0.2) is 4.98 Å². The molecule has 2 nitrogen and oxygen atoms in total. The Labute approximate surface area is 64.0 Å². The number of halogens is 1. The zero-order valence-corrected chi connectivity index (χ0v) is 7.31. The molecule has 1 heterocycles. The van der Waals surface area contributed by atoms with Crippen LogP contribution in [-0.2, 0) is 0 Å². The van der Waals surface area contributed by atoms with Crippen LogP contribution in [0.5, 0.6) is 0 Å². The lowest BCUT2D eigenvalue weighted by Gasteiger charge is -1.75. The molecular formula is C3H3BrN2S2. The number of hydrogen-bond donors (Lipinski definition) is 0. The Hall–Kier alpha value is 0.390. The normalized spacial score (nSPS) is 9.75. The van der Waals surface area contributed by atoms with E-state index in [2.05, 4.69) is 25.3 Å². The minimum atomic E-state index is 0.687. The van der Waals surface area contributed by atoms with Crippen LogP contribution in [0.4, 0.5) is 0 Å². The van der Waals surface area contributed by atoms with Gasteiger partial charge >= 0.3 is 0 Å². The van der Waals surface area contributed by atoms with Gasteiger partial charge in [-0.15, -0.1) is 0 Å². The molecule has 0 aromatic carbocycles. The molecule has 0 bridgehead atoms. The lowest BCUT2D eigenvalue weighted by atomic mass is 11.3. The summed E-state index contributed by atoms with van der Waals surface area (Å²) in [4.78, 5) is 4.02. The predicted molar refractivity (Wildman–Crippen MR) is 39.4 cm³/mol. The van der Waals surface area contributed by atoms with Crippen LogP contribution < -0.4 is 0 Å². The van der Waals surface area contributed by atoms with Gasteiger partial charge in [0.25, 0.3) is 0 Å². The first-order valence-corrected chi connectivity index (χ1v) is 4.65. The van der Waals surface area contributed by atoms with Gasteiger partial charge in [0.15, 0.2) is 4.34 Å². The van der Waals surface area contributed by atoms with Crippen LogP contribution in [0.2, 0.25) is 0 Å². The Bertz CT molecular complexity index is 176. The maximum atomic E-state index is 4.02. The molecule has 0 amide bonds. The SMILES string of the molecule is CSc1nc(Br)ns1. The van der Waals surface area contributed by atoms with Crippen molar-refractivity contribution in [3.8, 4) is 0 Å². The van der Waals surface area contributed by atoms with Crippen LogP contribution in [0, 0.1) is 0 Å². The van der Waals surface area contributed by atoms with Crippen molar-refractivity contribution in [3.05, 3.63) is 4.73 Å². The first-order chi connectivity index (χ1) is 3.83. The van der Waals surface area contributed by atoms with Gasteiger partial charge in [-0.05, 0) is 33.7 Å². The minimum absolute atomic E-state index is 0.687. The molecule has 1 aromatic rings. The van der Waals surface area contributed by atoms with Crippen molar-refractivity contribution in [1.29, 1.82) is 0 Å². The molecule has 0 unspecified atom stereocenters. The van der Waals surface area contributed by atoms with Crippen molar-refractivity contribution in [1.82, 2.24) is 9.36 Å². The maximum absolute atomic E-state index is 4.02. The standard InChI is InChI=1S/C3H3BrN2S2/c1-7-3-5-2(4)6-8-3/h1H3. The molecule has 44 valence electrons. The molecule has 5 heteroatoms. The molecule has 0 aliphatic carbocycles. The minimum Gasteiger partial charge on any atom is -0.202 e. The first-order valence-electron chi connectivity index (χ1n) is 1.86. The van der Waals surface area contributed by atoms with Gasteiger partial charge in [-0.3, -0.25) is 0 Å². The molecule has 0 radical (unpaired) electrons. The summed E-state index contributed by atoms with van der Waals surface area (Å²) in [6.07, 6.45) is 1.98. The van der Waals surface area contributed by atoms with Crippen molar-refractivity contribution < 1.29 is 0 Å². The molecule has 0 spiro atoms. The molecule has 0 aliphatic rings. The average Bonchev–Trinajstić information content (AvgIpc) is 2.14. The van der Waals surface area contributed by atoms with Crippen LogP contribution in [0.3, 0.4) is 0 Å². The molecular weight excluding hydrogens is 208 g/mol. The highest BCUT2D eigenvalue weighted by Crippen LogP contribution is 2.18. The summed E-state index contributed by atoms with van der Waals surface area (Å²) in [5, 5.41) is 0. The van der Waals surface area contributed by atoms with Crippen molar-refractivity contribution in [2.45, 2.75) is 4.34 Å². The Morgan fingerprint density at radius 1 is 1.75 bits per heavy atom. The summed E-state index contributed by atoms with van der Waals surface area (Å²) < 4.78 is 5.60. The lowest BCUT2D eigenvalue weighted by Crippen LogP contribution is -1.63. The molecule has 0 atom stereocenters. The summed E-state index contributed by atoms with van der Waals surface area (Å²) >= 11 is 6.16. The van der Waals surface area contributed by atoms with Crippen LogP contribution in [0.1, 0.15) is 0 Å². The number of nitrogens with zero attached hydrogens (tertiary/aromatic N) is 2. The van der Waals surface area contributed by atoms with Gasteiger partial charge < -0.3 is 0 Å². The van der Waals surface area contributed by atoms with Crippen molar-refractivity contribution >= 4 is 39.2 Å². The van der Waals surface area contributed by atoms with Gasteiger partial charge in [0.2, 0.25) is 4.73 Å². The number of thioether (sulfide) groups is 1. The van der Waals surface area contributed by atoms with Gasteiger partial charge in [0.05, 0.1) is 0 Å². The second-order valence-electron chi connectivity index (χ2n) is 1.03. The summed E-state index contributed by atoms with van der Waals surface area (Å²) in [6, 6.07) is 0. The molecule has 0 N–H and O–H groups in total. The topological polar surface area (TPSA) is 25.8 Å². The highest BCUT2D eigenvalue weighted by atomic mass is 79.9. The van der Waals surface area contributed by atoms with E-state index in [1.54, 1.807) is 11.8 Å². The van der Waals surface area contributed by atoms with E-state index in [0.717, 1.165) is 4.34 Å². The maximum Gasteiger partial charge on any atom is 0.210 e. The van der Waals surface area contributed by atoms with Crippen molar-refractivity contribution in [3.63, 3.8) is 0 Å². The molecule has 1 rings (SSSR count). The molecule has 0 fully saturated rings. The number of aromatic nitrogens is 2. The Morgan fingerprint density at radius 2 is 2.50 bits per heavy atom. The third-order valence-electron chi connectivity index (χ3n) is 0.557. The molecule has 0 aliphatic heterocycles. The third-order valence-corrected chi connectivity index (χ3v) is 2.82. The van der Waals surface area contributed by atoms with E-state index in [0.29, 0.717) is 4.73 Å². The van der Waals surface area contributed by atoms with E-state index in [-0.39, 0.29) is 0 Å². The molecule has 0 saturated heterocycles. The van der Waals surface area contributed by atoms with E-state index < -0.39 is 0 Å². The summed E-state index contributed by atoms with van der Waals surface area (Å²) in [7, 11) is 0. The summed E-state index contributed by atoms with van der Waals surface area (Å²) in [6.45, 7) is 0. The van der Waals surface area contributed by atoms with E-state index in [1.165, 1.54) is 11.5 Å². The second-order valence-corrected chi connectivity index (χ2v) is 3.55. The molecule has 8 heavy (non-hydrogen) atoms. The van der Waals surface area contributed by atoms with Crippen LogP contribution in [-0.4, -0.2) is 15.6 Å². The first kappa shape index (κ1) is 6.51. The summed E-state index contributed by atoms with van der Waals surface area (Å²) in [5.41, 5.74) is 0. The van der Waals surface area contributed by atoms with Gasteiger partial charge in [0.1, 0.15) is 0 Å². The van der Waals surface area contributed by atoms with Gasteiger partial charge in [-0.2, -0.15) is 4.37 Å². The van der Waals surface area contributed by atoms with E-state index in [9.17, 15) is 0 Å². The van der Waals surface area contributed by atoms with Crippen LogP contribution >= 0.6 is 39.2 Å². The number of rotatable bonds is 1. The Balaban J connectivity index is 2.84. The van der Waals surface area contributed by atoms with Crippen molar-refractivity contribution in [2.75, 3.05) is 6.26 Å². The van der Waals surface area contributed by atoms with E-state index >= 15 is 0 Å². The Morgan fingerprint density at radius 3 is 2.75 bits per heavy atom. The zero-order chi connectivity index (χ0) is 5.98. The van der Waals surface area contributed by atoms with Crippen LogP contribution in [0.15, 0.2) is 9.07 Å². The monoisotopic (exact) mass is 210 g/mol.